The van der Waals surface area contributed by atoms with Crippen LogP contribution in [0.1, 0.15) is 57.2 Å². The summed E-state index contributed by atoms with van der Waals surface area (Å²) >= 11 is 0. The van der Waals surface area contributed by atoms with E-state index in [-0.39, 0.29) is 5.69 Å². The molecule has 1 heterocycles. The largest absolute Gasteiger partial charge is 0.487 e. The van der Waals surface area contributed by atoms with Crippen LogP contribution in [0.25, 0.3) is 0 Å². The average molecular weight is 499 g/mol. The zero-order chi connectivity index (χ0) is 25.3. The van der Waals surface area contributed by atoms with Crippen molar-refractivity contribution in [1.29, 1.82) is 0 Å². The van der Waals surface area contributed by atoms with Crippen LogP contribution in [0, 0.1) is 0 Å². The number of anilines is 1. The minimum atomic E-state index is -4.65. The molecule has 1 amide bonds. The highest BCUT2D eigenvalue weighted by molar-refractivity contribution is 7.92. The number of rotatable bonds is 7. The molecule has 0 saturated heterocycles. The van der Waals surface area contributed by atoms with Crippen molar-refractivity contribution in [2.75, 3.05) is 10.6 Å². The second-order valence-electron chi connectivity index (χ2n) is 8.58. The third kappa shape index (κ3) is 5.32. The van der Waals surface area contributed by atoms with E-state index in [9.17, 15) is 26.4 Å². The Morgan fingerprint density at radius 1 is 1.18 bits per heavy atom. The molecule has 3 rings (SSSR count). The van der Waals surface area contributed by atoms with Crippen molar-refractivity contribution < 1.29 is 31.1 Å². The van der Waals surface area contributed by atoms with Crippen molar-refractivity contribution in [2.45, 2.75) is 63.9 Å². The molecule has 2 aromatic rings. The average Bonchev–Trinajstić information content (AvgIpc) is 2.77. The Morgan fingerprint density at radius 3 is 2.41 bits per heavy atom. The molecule has 0 radical (unpaired) electrons. The molecular formula is C24H29F3N2O4S. The number of carbonyl (C=O) groups is 1. The van der Waals surface area contributed by atoms with Crippen molar-refractivity contribution >= 4 is 21.6 Å². The molecule has 186 valence electrons. The first-order chi connectivity index (χ1) is 15.8. The quantitative estimate of drug-likeness (QED) is 0.579. The fraction of sp³-hybridized carbons (Fsp3) is 0.458. The monoisotopic (exact) mass is 498 g/mol. The molecule has 0 spiro atoms. The lowest BCUT2D eigenvalue weighted by molar-refractivity contribution is -0.137. The summed E-state index contributed by atoms with van der Waals surface area (Å²) in [6.45, 7) is 5.35. The molecule has 10 heteroatoms. The minimum Gasteiger partial charge on any atom is -0.487 e. The number of fused-ring (bicyclic) bond motifs is 1. The van der Waals surface area contributed by atoms with E-state index in [0.717, 1.165) is 34.3 Å². The first kappa shape index (κ1) is 25.9. The maximum Gasteiger partial charge on any atom is 0.416 e. The zero-order valence-electron chi connectivity index (χ0n) is 19.5. The second kappa shape index (κ2) is 9.48. The number of sulfonamides is 1. The number of hydrogen-bond acceptors (Lipinski definition) is 4. The van der Waals surface area contributed by atoms with Crippen LogP contribution >= 0.6 is 0 Å². The van der Waals surface area contributed by atoms with Gasteiger partial charge in [-0.25, -0.2) is 8.42 Å². The van der Waals surface area contributed by atoms with Crippen LogP contribution in [-0.2, 0) is 21.0 Å². The number of ether oxygens (including phenoxy) is 1. The summed E-state index contributed by atoms with van der Waals surface area (Å²) in [6, 6.07) is 9.52. The second-order valence-corrected chi connectivity index (χ2v) is 10.4. The van der Waals surface area contributed by atoms with Gasteiger partial charge < -0.3 is 10.1 Å². The predicted octanol–water partition coefficient (Wildman–Crippen LogP) is 5.06. The standard InChI is InChI=1S/C24H29F3N2O4S/c1-5-23(6-2)15-20(19-12-7-8-13-21(19)33-23)28-22(30)16(3)29(34(4,31)32)18-11-9-10-17(14-18)24(25,26)27/h7-14,16,20H,5-6,15H2,1-4H3,(H,28,30)/t16-,20+/m1/s1. The van der Waals surface area contributed by atoms with Gasteiger partial charge in [0.2, 0.25) is 15.9 Å². The van der Waals surface area contributed by atoms with Crippen LogP contribution in [0.5, 0.6) is 5.75 Å². The molecule has 0 bridgehead atoms. The number of hydrogen-bond donors (Lipinski definition) is 1. The van der Waals surface area contributed by atoms with Gasteiger partial charge in [-0.05, 0) is 44.0 Å². The smallest absolute Gasteiger partial charge is 0.416 e. The van der Waals surface area contributed by atoms with Crippen LogP contribution in [0.2, 0.25) is 0 Å². The van der Waals surface area contributed by atoms with Crippen LogP contribution in [0.3, 0.4) is 0 Å². The summed E-state index contributed by atoms with van der Waals surface area (Å²) in [5, 5.41) is 2.92. The molecule has 1 aliphatic heterocycles. The van der Waals surface area contributed by atoms with E-state index in [0.29, 0.717) is 25.0 Å². The van der Waals surface area contributed by atoms with E-state index < -0.39 is 45.4 Å². The van der Waals surface area contributed by atoms with Gasteiger partial charge in [0.25, 0.3) is 0 Å². The molecule has 1 N–H and O–H groups in total. The van der Waals surface area contributed by atoms with Gasteiger partial charge >= 0.3 is 6.18 Å². The summed E-state index contributed by atoms with van der Waals surface area (Å²) in [6.07, 6.45) is -1.89. The van der Waals surface area contributed by atoms with Gasteiger partial charge in [0.05, 0.1) is 23.5 Å². The van der Waals surface area contributed by atoms with E-state index in [1.165, 1.54) is 13.0 Å². The molecule has 0 unspecified atom stereocenters. The van der Waals surface area contributed by atoms with E-state index in [1.807, 2.05) is 38.1 Å². The normalized spacial score (nSPS) is 18.4. The van der Waals surface area contributed by atoms with Crippen molar-refractivity contribution in [3.63, 3.8) is 0 Å². The minimum absolute atomic E-state index is 0.233. The van der Waals surface area contributed by atoms with Crippen molar-refractivity contribution in [3.05, 3.63) is 59.7 Å². The molecule has 0 aromatic heterocycles. The summed E-state index contributed by atoms with van der Waals surface area (Å²) in [7, 11) is -4.08. The Hall–Kier alpha value is -2.75. The number of carbonyl (C=O) groups excluding carboxylic acids is 1. The van der Waals surface area contributed by atoms with Crippen LogP contribution in [0.4, 0.5) is 18.9 Å². The first-order valence-electron chi connectivity index (χ1n) is 11.1. The number of para-hydroxylation sites is 1. The Morgan fingerprint density at radius 2 is 1.82 bits per heavy atom. The first-order valence-corrected chi connectivity index (χ1v) is 12.9. The lowest BCUT2D eigenvalue weighted by Gasteiger charge is -2.42. The van der Waals surface area contributed by atoms with E-state index in [4.69, 9.17) is 4.74 Å². The Balaban J connectivity index is 1.94. The Labute approximate surface area is 198 Å². The molecule has 2 aromatic carbocycles. The number of amides is 1. The highest BCUT2D eigenvalue weighted by atomic mass is 32.2. The van der Waals surface area contributed by atoms with Crippen LogP contribution < -0.4 is 14.4 Å². The fourth-order valence-corrected chi connectivity index (χ4v) is 5.52. The summed E-state index contributed by atoms with van der Waals surface area (Å²) < 4.78 is 71.8. The third-order valence-corrected chi connectivity index (χ3v) is 7.56. The van der Waals surface area contributed by atoms with E-state index in [1.54, 1.807) is 0 Å². The molecular weight excluding hydrogens is 469 g/mol. The van der Waals surface area contributed by atoms with Crippen molar-refractivity contribution in [2.24, 2.45) is 0 Å². The summed E-state index contributed by atoms with van der Waals surface area (Å²) in [5.74, 6) is 0.0268. The number of benzene rings is 2. The van der Waals surface area contributed by atoms with Crippen LogP contribution in [0.15, 0.2) is 48.5 Å². The molecule has 0 aliphatic carbocycles. The molecule has 0 fully saturated rings. The number of nitrogens with one attached hydrogen (secondary N) is 1. The van der Waals surface area contributed by atoms with Crippen LogP contribution in [-0.4, -0.2) is 32.2 Å². The predicted molar refractivity (Wildman–Crippen MR) is 124 cm³/mol. The van der Waals surface area contributed by atoms with Crippen molar-refractivity contribution in [3.8, 4) is 5.75 Å². The van der Waals surface area contributed by atoms with E-state index in [2.05, 4.69) is 5.32 Å². The van der Waals surface area contributed by atoms with Gasteiger partial charge in [-0.1, -0.05) is 38.1 Å². The number of nitrogens with zero attached hydrogens (tertiary/aromatic N) is 1. The molecule has 6 nitrogen and oxygen atoms in total. The molecule has 1 aliphatic rings. The SMILES string of the molecule is CCC1(CC)C[C@H](NC(=O)[C@@H](C)N(c2cccc(C(F)(F)F)c2)S(C)(=O)=O)c2ccccc2O1. The zero-order valence-corrected chi connectivity index (χ0v) is 20.3. The van der Waals surface area contributed by atoms with E-state index >= 15 is 0 Å². The van der Waals surface area contributed by atoms with Crippen molar-refractivity contribution in [1.82, 2.24) is 5.32 Å². The van der Waals surface area contributed by atoms with Gasteiger partial charge in [-0.15, -0.1) is 0 Å². The number of alkyl halides is 3. The van der Waals surface area contributed by atoms with Gasteiger partial charge in [0, 0.05) is 12.0 Å². The number of halogens is 3. The fourth-order valence-electron chi connectivity index (χ4n) is 4.35. The highest BCUT2D eigenvalue weighted by Gasteiger charge is 2.40. The maximum absolute atomic E-state index is 13.3. The summed E-state index contributed by atoms with van der Waals surface area (Å²) in [5.41, 5.74) is -0.956. The topological polar surface area (TPSA) is 75.7 Å². The lowest BCUT2D eigenvalue weighted by Crippen LogP contribution is -2.51. The molecule has 2 atom stereocenters. The Kier molecular flexibility index (Phi) is 7.21. The van der Waals surface area contributed by atoms with Gasteiger partial charge in [0.15, 0.2) is 0 Å². The Bertz CT molecular complexity index is 1150. The maximum atomic E-state index is 13.3. The van der Waals surface area contributed by atoms with Gasteiger partial charge in [0.1, 0.15) is 17.4 Å². The highest BCUT2D eigenvalue weighted by Crippen LogP contribution is 2.42. The third-order valence-electron chi connectivity index (χ3n) is 6.32. The summed E-state index contributed by atoms with van der Waals surface area (Å²) in [4.78, 5) is 13.3. The lowest BCUT2D eigenvalue weighted by atomic mass is 9.83. The molecule has 0 saturated carbocycles. The van der Waals surface area contributed by atoms with Gasteiger partial charge in [-0.3, -0.25) is 9.10 Å². The molecule has 34 heavy (non-hydrogen) atoms. The van der Waals surface area contributed by atoms with Gasteiger partial charge in [-0.2, -0.15) is 13.2 Å².